The van der Waals surface area contributed by atoms with Crippen LogP contribution in [0.2, 0.25) is 0 Å². The number of rotatable bonds is 5. The molecule has 0 fully saturated rings. The van der Waals surface area contributed by atoms with Gasteiger partial charge in [0.2, 0.25) is 6.79 Å². The third-order valence-corrected chi connectivity index (χ3v) is 4.88. The summed E-state index contributed by atoms with van der Waals surface area (Å²) in [5.41, 5.74) is 2.44. The molecule has 5 rings (SSSR count). The Morgan fingerprint density at radius 3 is 2.53 bits per heavy atom. The molecular formula is C23H17FN4O4. The zero-order valence-corrected chi connectivity index (χ0v) is 16.9. The van der Waals surface area contributed by atoms with Gasteiger partial charge in [-0.25, -0.2) is 9.07 Å². The molecule has 0 atom stereocenters. The molecule has 0 unspecified atom stereocenters. The molecule has 1 aliphatic heterocycles. The van der Waals surface area contributed by atoms with Crippen molar-refractivity contribution in [2.24, 2.45) is 0 Å². The molecule has 1 amide bonds. The molecule has 160 valence electrons. The predicted molar refractivity (Wildman–Crippen MR) is 114 cm³/mol. The second-order valence-corrected chi connectivity index (χ2v) is 6.91. The summed E-state index contributed by atoms with van der Waals surface area (Å²) in [6.45, 7) is 0.180. The van der Waals surface area contributed by atoms with Gasteiger partial charge in [-0.15, -0.1) is 5.10 Å². The molecule has 1 N–H and O–H groups in total. The molecule has 0 aliphatic carbocycles. The fourth-order valence-corrected chi connectivity index (χ4v) is 3.27. The number of carbonyl (C=O) groups is 1. The third kappa shape index (κ3) is 3.71. The van der Waals surface area contributed by atoms with Crippen LogP contribution in [0.3, 0.4) is 0 Å². The van der Waals surface area contributed by atoms with Crippen LogP contribution in [-0.4, -0.2) is 34.6 Å². The van der Waals surface area contributed by atoms with Gasteiger partial charge < -0.3 is 19.5 Å². The Kier molecular flexibility index (Phi) is 4.91. The van der Waals surface area contributed by atoms with E-state index in [0.717, 1.165) is 5.56 Å². The van der Waals surface area contributed by atoms with E-state index in [1.807, 2.05) is 18.2 Å². The van der Waals surface area contributed by atoms with Crippen LogP contribution in [0, 0.1) is 5.82 Å². The van der Waals surface area contributed by atoms with E-state index in [-0.39, 0.29) is 18.7 Å². The average Bonchev–Trinajstić information content (AvgIpc) is 3.46. The van der Waals surface area contributed by atoms with Crippen molar-refractivity contribution in [1.82, 2.24) is 14.8 Å². The van der Waals surface area contributed by atoms with Crippen molar-refractivity contribution < 1.29 is 23.4 Å². The number of aromatic nitrogens is 3. The first-order valence-corrected chi connectivity index (χ1v) is 9.69. The van der Waals surface area contributed by atoms with Crippen molar-refractivity contribution in [1.29, 1.82) is 0 Å². The monoisotopic (exact) mass is 432 g/mol. The second kappa shape index (κ2) is 8.03. The highest BCUT2D eigenvalue weighted by Gasteiger charge is 2.19. The standard InChI is InChI=1S/C23H17FN4O4/c1-30-23-26-21(15-4-11-19-20(12-15)32-13-31-19)28(27-23)18-9-7-17(8-10-18)25-22(29)14-2-5-16(24)6-3-14/h2-12H,13H2,1H3,(H,25,29). The van der Waals surface area contributed by atoms with Crippen molar-refractivity contribution in [2.75, 3.05) is 19.2 Å². The number of amides is 1. The molecule has 0 saturated heterocycles. The minimum Gasteiger partial charge on any atom is -0.466 e. The molecule has 2 heterocycles. The van der Waals surface area contributed by atoms with E-state index in [1.165, 1.54) is 31.4 Å². The summed E-state index contributed by atoms with van der Waals surface area (Å²) in [7, 11) is 1.50. The summed E-state index contributed by atoms with van der Waals surface area (Å²) in [5.74, 6) is 1.14. The summed E-state index contributed by atoms with van der Waals surface area (Å²) in [4.78, 5) is 16.8. The number of anilines is 1. The van der Waals surface area contributed by atoms with Gasteiger partial charge in [0.25, 0.3) is 5.91 Å². The van der Waals surface area contributed by atoms with E-state index < -0.39 is 5.82 Å². The number of nitrogens with one attached hydrogen (secondary N) is 1. The van der Waals surface area contributed by atoms with Crippen LogP contribution in [0.15, 0.2) is 66.7 Å². The Balaban J connectivity index is 1.42. The molecule has 0 bridgehead atoms. The molecule has 0 spiro atoms. The van der Waals surface area contributed by atoms with Gasteiger partial charge in [0.15, 0.2) is 17.3 Å². The lowest BCUT2D eigenvalue weighted by atomic mass is 10.2. The number of benzene rings is 3. The fourth-order valence-electron chi connectivity index (χ4n) is 3.27. The van der Waals surface area contributed by atoms with Gasteiger partial charge in [-0.2, -0.15) is 4.98 Å². The Morgan fingerprint density at radius 1 is 1.03 bits per heavy atom. The van der Waals surface area contributed by atoms with E-state index >= 15 is 0 Å². The number of hydrogen-bond acceptors (Lipinski definition) is 6. The largest absolute Gasteiger partial charge is 0.466 e. The van der Waals surface area contributed by atoms with Crippen LogP contribution in [0.25, 0.3) is 17.1 Å². The highest BCUT2D eigenvalue weighted by molar-refractivity contribution is 6.04. The highest BCUT2D eigenvalue weighted by Crippen LogP contribution is 2.36. The maximum Gasteiger partial charge on any atom is 0.336 e. The van der Waals surface area contributed by atoms with Gasteiger partial charge >= 0.3 is 6.01 Å². The minimum absolute atomic E-state index is 0.180. The maximum atomic E-state index is 13.1. The highest BCUT2D eigenvalue weighted by atomic mass is 19.1. The van der Waals surface area contributed by atoms with Crippen LogP contribution < -0.4 is 19.5 Å². The molecule has 8 nitrogen and oxygen atoms in total. The van der Waals surface area contributed by atoms with Gasteiger partial charge in [0.1, 0.15) is 5.82 Å². The number of ether oxygens (including phenoxy) is 3. The lowest BCUT2D eigenvalue weighted by Crippen LogP contribution is -2.11. The third-order valence-electron chi connectivity index (χ3n) is 4.88. The number of carbonyl (C=O) groups excluding carboxylic acids is 1. The molecule has 32 heavy (non-hydrogen) atoms. The van der Waals surface area contributed by atoms with Crippen molar-refractivity contribution in [3.63, 3.8) is 0 Å². The van der Waals surface area contributed by atoms with Crippen molar-refractivity contribution >= 4 is 11.6 Å². The summed E-state index contributed by atoms with van der Waals surface area (Å²) >= 11 is 0. The van der Waals surface area contributed by atoms with Crippen LogP contribution in [0.1, 0.15) is 10.4 Å². The van der Waals surface area contributed by atoms with E-state index in [2.05, 4.69) is 15.4 Å². The van der Waals surface area contributed by atoms with Crippen LogP contribution in [0.4, 0.5) is 10.1 Å². The number of hydrogen-bond donors (Lipinski definition) is 1. The van der Waals surface area contributed by atoms with E-state index in [1.54, 1.807) is 28.9 Å². The van der Waals surface area contributed by atoms with Gasteiger partial charge in [0, 0.05) is 16.8 Å². The number of fused-ring (bicyclic) bond motifs is 1. The summed E-state index contributed by atoms with van der Waals surface area (Å²) in [5, 5.41) is 7.19. The Morgan fingerprint density at radius 2 is 1.78 bits per heavy atom. The molecule has 0 radical (unpaired) electrons. The first-order chi connectivity index (χ1) is 15.6. The number of nitrogens with zero attached hydrogens (tertiary/aromatic N) is 3. The zero-order chi connectivity index (χ0) is 22.1. The quantitative estimate of drug-likeness (QED) is 0.512. The topological polar surface area (TPSA) is 87.5 Å². The van der Waals surface area contributed by atoms with Gasteiger partial charge in [-0.1, -0.05) is 0 Å². The Labute approximate surface area is 182 Å². The molecular weight excluding hydrogens is 415 g/mol. The van der Waals surface area contributed by atoms with Gasteiger partial charge in [-0.05, 0) is 66.7 Å². The predicted octanol–water partition coefficient (Wildman–Crippen LogP) is 4.06. The van der Waals surface area contributed by atoms with Crippen molar-refractivity contribution in [3.05, 3.63) is 78.1 Å². The molecule has 3 aromatic carbocycles. The van der Waals surface area contributed by atoms with Crippen LogP contribution >= 0.6 is 0 Å². The number of halogens is 1. The van der Waals surface area contributed by atoms with E-state index in [0.29, 0.717) is 34.3 Å². The van der Waals surface area contributed by atoms with Gasteiger partial charge in [0.05, 0.1) is 12.8 Å². The molecule has 1 aromatic heterocycles. The van der Waals surface area contributed by atoms with Crippen molar-refractivity contribution in [2.45, 2.75) is 0 Å². The summed E-state index contributed by atoms with van der Waals surface area (Å²) < 4.78 is 30.8. The first kappa shape index (κ1) is 19.6. The molecule has 9 heteroatoms. The minimum atomic E-state index is -0.396. The molecule has 1 aliphatic rings. The Hall–Kier alpha value is -4.40. The average molecular weight is 432 g/mol. The van der Waals surface area contributed by atoms with Crippen molar-refractivity contribution in [3.8, 4) is 34.6 Å². The van der Waals surface area contributed by atoms with E-state index in [4.69, 9.17) is 14.2 Å². The van der Waals surface area contributed by atoms with Crippen LogP contribution in [-0.2, 0) is 0 Å². The lowest BCUT2D eigenvalue weighted by Gasteiger charge is -2.09. The smallest absolute Gasteiger partial charge is 0.336 e. The lowest BCUT2D eigenvalue weighted by molar-refractivity contribution is 0.102. The zero-order valence-electron chi connectivity index (χ0n) is 16.9. The Bertz CT molecular complexity index is 1290. The second-order valence-electron chi connectivity index (χ2n) is 6.91. The van der Waals surface area contributed by atoms with E-state index in [9.17, 15) is 9.18 Å². The molecule has 0 saturated carbocycles. The maximum absolute atomic E-state index is 13.1. The number of methoxy groups -OCH3 is 1. The normalized spacial score (nSPS) is 11.9. The van der Waals surface area contributed by atoms with Crippen LogP contribution in [0.5, 0.6) is 17.5 Å². The first-order valence-electron chi connectivity index (χ1n) is 9.69. The molecule has 4 aromatic rings. The SMILES string of the molecule is COc1nc(-c2ccc3c(c2)OCO3)n(-c2ccc(NC(=O)c3ccc(F)cc3)cc2)n1. The van der Waals surface area contributed by atoms with Gasteiger partial charge in [-0.3, -0.25) is 4.79 Å². The fraction of sp³-hybridized carbons (Fsp3) is 0.0870. The summed E-state index contributed by atoms with van der Waals surface area (Å²) in [6, 6.07) is 18.2. The summed E-state index contributed by atoms with van der Waals surface area (Å²) in [6.07, 6.45) is 0.